The molecule has 1 aromatic rings. The number of rotatable bonds is 7. The van der Waals surface area contributed by atoms with Gasteiger partial charge >= 0.3 is 0 Å². The first-order chi connectivity index (χ1) is 11.6. The number of nitrogens with one attached hydrogen (secondary N) is 1. The number of carbonyl (C=O) groups excluding carboxylic acids is 1. The normalized spacial score (nSPS) is 24.0. The number of methoxy groups -OCH3 is 2. The first-order valence-corrected chi connectivity index (χ1v) is 8.49. The molecule has 1 saturated carbocycles. The van der Waals surface area contributed by atoms with Crippen LogP contribution in [0.4, 0.5) is 0 Å². The van der Waals surface area contributed by atoms with Gasteiger partial charge in [0.1, 0.15) is 11.5 Å². The van der Waals surface area contributed by atoms with E-state index in [4.69, 9.17) is 9.47 Å². The summed E-state index contributed by atoms with van der Waals surface area (Å²) in [4.78, 5) is 14.6. The third-order valence-electron chi connectivity index (χ3n) is 4.90. The SMILES string of the molecule is COc1ccc(CN2C[C@@H](CO)[C@H](C(=O)NC3CC3)C2)c(OC)c1. The number of carbonyl (C=O) groups is 1. The fourth-order valence-corrected chi connectivity index (χ4v) is 3.33. The van der Waals surface area contributed by atoms with E-state index < -0.39 is 0 Å². The van der Waals surface area contributed by atoms with Crippen molar-refractivity contribution < 1.29 is 19.4 Å². The Labute approximate surface area is 142 Å². The molecule has 1 aliphatic heterocycles. The van der Waals surface area contributed by atoms with Crippen LogP contribution >= 0.6 is 0 Å². The van der Waals surface area contributed by atoms with Gasteiger partial charge in [0, 0.05) is 49.8 Å². The smallest absolute Gasteiger partial charge is 0.225 e. The highest BCUT2D eigenvalue weighted by molar-refractivity contribution is 5.80. The van der Waals surface area contributed by atoms with Crippen LogP contribution in [0.1, 0.15) is 18.4 Å². The molecule has 2 atom stereocenters. The van der Waals surface area contributed by atoms with E-state index in [2.05, 4.69) is 10.2 Å². The summed E-state index contributed by atoms with van der Waals surface area (Å²) in [5, 5.41) is 12.7. The molecule has 1 aromatic carbocycles. The topological polar surface area (TPSA) is 71.0 Å². The molecule has 132 valence electrons. The number of hydrogen-bond acceptors (Lipinski definition) is 5. The Bertz CT molecular complexity index is 588. The van der Waals surface area contributed by atoms with Crippen molar-refractivity contribution >= 4 is 5.91 Å². The second-order valence-electron chi connectivity index (χ2n) is 6.70. The van der Waals surface area contributed by atoms with E-state index in [9.17, 15) is 9.90 Å². The zero-order chi connectivity index (χ0) is 17.1. The second-order valence-corrected chi connectivity index (χ2v) is 6.70. The summed E-state index contributed by atoms with van der Waals surface area (Å²) in [6.07, 6.45) is 2.16. The predicted molar refractivity (Wildman–Crippen MR) is 90.1 cm³/mol. The highest BCUT2D eigenvalue weighted by Gasteiger charge is 2.39. The molecule has 0 unspecified atom stereocenters. The maximum Gasteiger partial charge on any atom is 0.225 e. The highest BCUT2D eigenvalue weighted by atomic mass is 16.5. The number of benzene rings is 1. The van der Waals surface area contributed by atoms with Crippen molar-refractivity contribution in [3.8, 4) is 11.5 Å². The first kappa shape index (κ1) is 17.0. The maximum absolute atomic E-state index is 12.4. The molecule has 0 radical (unpaired) electrons. The molecule has 1 saturated heterocycles. The molecule has 2 aliphatic rings. The van der Waals surface area contributed by atoms with Crippen LogP contribution in [-0.2, 0) is 11.3 Å². The molecule has 24 heavy (non-hydrogen) atoms. The Morgan fingerprint density at radius 1 is 1.29 bits per heavy atom. The Kier molecular flexibility index (Phi) is 5.26. The van der Waals surface area contributed by atoms with Gasteiger partial charge in [-0.1, -0.05) is 6.07 Å². The average Bonchev–Trinajstić information content (AvgIpc) is 3.32. The number of nitrogens with zero attached hydrogens (tertiary/aromatic N) is 1. The van der Waals surface area contributed by atoms with Crippen LogP contribution in [0.25, 0.3) is 0 Å². The molecule has 1 amide bonds. The molecule has 1 aliphatic carbocycles. The van der Waals surface area contributed by atoms with Gasteiger partial charge in [0.2, 0.25) is 5.91 Å². The lowest BCUT2D eigenvalue weighted by Crippen LogP contribution is -2.37. The number of ether oxygens (including phenoxy) is 2. The molecule has 1 heterocycles. The lowest BCUT2D eigenvalue weighted by molar-refractivity contribution is -0.126. The average molecular weight is 334 g/mol. The lowest BCUT2D eigenvalue weighted by Gasteiger charge is -2.18. The number of hydrogen-bond donors (Lipinski definition) is 2. The number of aliphatic hydroxyl groups is 1. The van der Waals surface area contributed by atoms with Gasteiger partial charge in [0.05, 0.1) is 20.1 Å². The molecule has 0 spiro atoms. The molecule has 0 aromatic heterocycles. The van der Waals surface area contributed by atoms with Crippen molar-refractivity contribution in [2.75, 3.05) is 33.9 Å². The maximum atomic E-state index is 12.4. The zero-order valence-corrected chi connectivity index (χ0v) is 14.3. The van der Waals surface area contributed by atoms with Gasteiger partial charge in [-0.2, -0.15) is 0 Å². The molecule has 0 bridgehead atoms. The van der Waals surface area contributed by atoms with Crippen molar-refractivity contribution in [1.82, 2.24) is 10.2 Å². The highest BCUT2D eigenvalue weighted by Crippen LogP contribution is 2.30. The monoisotopic (exact) mass is 334 g/mol. The fourth-order valence-electron chi connectivity index (χ4n) is 3.33. The molecular formula is C18H26N2O4. The summed E-state index contributed by atoms with van der Waals surface area (Å²) in [5.41, 5.74) is 1.05. The third-order valence-corrected chi connectivity index (χ3v) is 4.90. The minimum Gasteiger partial charge on any atom is -0.497 e. The molecule has 2 fully saturated rings. The number of likely N-dealkylation sites (tertiary alicyclic amines) is 1. The van der Waals surface area contributed by atoms with E-state index in [1.165, 1.54) is 0 Å². The molecular weight excluding hydrogens is 308 g/mol. The fraction of sp³-hybridized carbons (Fsp3) is 0.611. The molecule has 6 heteroatoms. The molecule has 6 nitrogen and oxygen atoms in total. The van der Waals surface area contributed by atoms with Gasteiger partial charge in [-0.05, 0) is 18.9 Å². The van der Waals surface area contributed by atoms with Gasteiger partial charge in [-0.25, -0.2) is 0 Å². The standard InChI is InChI=1S/C18H26N2O4/c1-23-15-6-3-12(17(7-15)24-2)8-20-9-13(11-21)16(10-20)18(22)19-14-4-5-14/h3,6-7,13-14,16,21H,4-5,8-11H2,1-2H3,(H,19,22)/t13-,16+/m0/s1. The Morgan fingerprint density at radius 3 is 2.71 bits per heavy atom. The minimum atomic E-state index is -0.139. The molecule has 3 rings (SSSR count). The van der Waals surface area contributed by atoms with Crippen LogP contribution in [0, 0.1) is 11.8 Å². The summed E-state index contributed by atoms with van der Waals surface area (Å²) in [6, 6.07) is 6.12. The van der Waals surface area contributed by atoms with Crippen LogP contribution in [0.5, 0.6) is 11.5 Å². The van der Waals surface area contributed by atoms with Crippen LogP contribution in [-0.4, -0.2) is 55.9 Å². The zero-order valence-electron chi connectivity index (χ0n) is 14.3. The van der Waals surface area contributed by atoms with Crippen LogP contribution < -0.4 is 14.8 Å². The first-order valence-electron chi connectivity index (χ1n) is 8.49. The van der Waals surface area contributed by atoms with Crippen molar-refractivity contribution in [2.24, 2.45) is 11.8 Å². The van der Waals surface area contributed by atoms with Gasteiger partial charge in [-0.3, -0.25) is 9.69 Å². The van der Waals surface area contributed by atoms with Gasteiger partial charge in [0.25, 0.3) is 0 Å². The van der Waals surface area contributed by atoms with Crippen LogP contribution in [0.2, 0.25) is 0 Å². The summed E-state index contributed by atoms with van der Waals surface area (Å²) >= 11 is 0. The van der Waals surface area contributed by atoms with E-state index in [-0.39, 0.29) is 24.3 Å². The largest absolute Gasteiger partial charge is 0.497 e. The summed E-state index contributed by atoms with van der Waals surface area (Å²) < 4.78 is 10.7. The Hall–Kier alpha value is -1.79. The van der Waals surface area contributed by atoms with E-state index in [0.29, 0.717) is 25.7 Å². The van der Waals surface area contributed by atoms with Gasteiger partial charge in [0.15, 0.2) is 0 Å². The van der Waals surface area contributed by atoms with Crippen molar-refractivity contribution in [3.05, 3.63) is 23.8 Å². The Balaban J connectivity index is 1.66. The number of amides is 1. The van der Waals surface area contributed by atoms with Crippen LogP contribution in [0.3, 0.4) is 0 Å². The van der Waals surface area contributed by atoms with Gasteiger partial charge < -0.3 is 19.9 Å². The molecule has 2 N–H and O–H groups in total. The van der Waals surface area contributed by atoms with E-state index in [1.807, 2.05) is 18.2 Å². The van der Waals surface area contributed by atoms with Crippen molar-refractivity contribution in [1.29, 1.82) is 0 Å². The predicted octanol–water partition coefficient (Wildman–Crippen LogP) is 1.02. The minimum absolute atomic E-state index is 0.00649. The van der Waals surface area contributed by atoms with E-state index in [0.717, 1.165) is 29.9 Å². The van der Waals surface area contributed by atoms with Crippen LogP contribution in [0.15, 0.2) is 18.2 Å². The summed E-state index contributed by atoms with van der Waals surface area (Å²) in [5.74, 6) is 1.47. The summed E-state index contributed by atoms with van der Waals surface area (Å²) in [7, 11) is 3.27. The second kappa shape index (κ2) is 7.40. The van der Waals surface area contributed by atoms with E-state index in [1.54, 1.807) is 14.2 Å². The number of aliphatic hydroxyl groups excluding tert-OH is 1. The lowest BCUT2D eigenvalue weighted by atomic mass is 9.96. The van der Waals surface area contributed by atoms with Crippen molar-refractivity contribution in [2.45, 2.75) is 25.4 Å². The Morgan fingerprint density at radius 2 is 2.08 bits per heavy atom. The summed E-state index contributed by atoms with van der Waals surface area (Å²) in [6.45, 7) is 2.11. The third kappa shape index (κ3) is 3.82. The van der Waals surface area contributed by atoms with Gasteiger partial charge in [-0.15, -0.1) is 0 Å². The van der Waals surface area contributed by atoms with E-state index >= 15 is 0 Å². The quantitative estimate of drug-likeness (QED) is 0.779. The van der Waals surface area contributed by atoms with Crippen molar-refractivity contribution in [3.63, 3.8) is 0 Å².